The topological polar surface area (TPSA) is 70.2 Å². The minimum atomic E-state index is -0.150. The molecule has 1 saturated carbocycles. The number of hydrogen-bond acceptors (Lipinski definition) is 3. The first-order valence-corrected chi connectivity index (χ1v) is 8.43. The summed E-state index contributed by atoms with van der Waals surface area (Å²) in [5.74, 6) is -0.00853. The third-order valence-corrected chi connectivity index (χ3v) is 4.95. The molecule has 132 valence electrons. The number of halogens is 1. The van der Waals surface area contributed by atoms with Crippen molar-refractivity contribution in [3.8, 4) is 0 Å². The highest BCUT2D eigenvalue weighted by Crippen LogP contribution is 2.58. The van der Waals surface area contributed by atoms with Crippen LogP contribution in [0, 0.1) is 11.3 Å². The SMILES string of the molecule is CC(C)NC(=O)c1ccccc1NC(=O)C1CC12CCNCC2.Cl. The van der Waals surface area contributed by atoms with Crippen molar-refractivity contribution < 1.29 is 9.59 Å². The second kappa shape index (κ2) is 7.53. The molecule has 2 amide bonds. The lowest BCUT2D eigenvalue weighted by atomic mass is 9.91. The Morgan fingerprint density at radius 3 is 2.54 bits per heavy atom. The zero-order valence-electron chi connectivity index (χ0n) is 14.2. The Hall–Kier alpha value is -1.59. The van der Waals surface area contributed by atoms with Crippen LogP contribution in [0.15, 0.2) is 24.3 Å². The fourth-order valence-corrected chi connectivity index (χ4v) is 3.55. The summed E-state index contributed by atoms with van der Waals surface area (Å²) in [5.41, 5.74) is 1.32. The van der Waals surface area contributed by atoms with Gasteiger partial charge in [-0.05, 0) is 63.7 Å². The minimum Gasteiger partial charge on any atom is -0.350 e. The van der Waals surface area contributed by atoms with E-state index in [2.05, 4.69) is 16.0 Å². The maximum absolute atomic E-state index is 12.6. The lowest BCUT2D eigenvalue weighted by Crippen LogP contribution is -2.32. The van der Waals surface area contributed by atoms with Crippen molar-refractivity contribution in [3.05, 3.63) is 29.8 Å². The number of piperidine rings is 1. The number of nitrogens with one attached hydrogen (secondary N) is 3. The molecule has 1 aromatic rings. The van der Waals surface area contributed by atoms with Gasteiger partial charge >= 0.3 is 0 Å². The van der Waals surface area contributed by atoms with Crippen LogP contribution in [0.25, 0.3) is 0 Å². The van der Waals surface area contributed by atoms with Crippen molar-refractivity contribution in [2.45, 2.75) is 39.2 Å². The highest BCUT2D eigenvalue weighted by Gasteiger charge is 2.57. The summed E-state index contributed by atoms with van der Waals surface area (Å²) in [6.07, 6.45) is 3.11. The summed E-state index contributed by atoms with van der Waals surface area (Å²) in [6, 6.07) is 7.27. The molecule has 1 atom stereocenters. The third kappa shape index (κ3) is 3.90. The standard InChI is InChI=1S/C18H25N3O2.ClH/c1-12(2)20-16(22)13-5-3-4-6-15(13)21-17(23)14-11-18(14)7-9-19-10-8-18;/h3-6,12,14,19H,7-11H2,1-2H3,(H,20,22)(H,21,23);1H. The van der Waals surface area contributed by atoms with Crippen LogP contribution in [0.4, 0.5) is 5.69 Å². The molecular formula is C18H26ClN3O2. The van der Waals surface area contributed by atoms with E-state index < -0.39 is 0 Å². The quantitative estimate of drug-likeness (QED) is 0.780. The van der Waals surface area contributed by atoms with E-state index in [4.69, 9.17) is 0 Å². The molecule has 2 aliphatic rings. The number of carbonyl (C=O) groups is 2. The molecule has 1 heterocycles. The number of amides is 2. The van der Waals surface area contributed by atoms with E-state index in [-0.39, 0.29) is 41.6 Å². The molecule has 1 spiro atoms. The van der Waals surface area contributed by atoms with E-state index in [9.17, 15) is 9.59 Å². The Morgan fingerprint density at radius 1 is 1.21 bits per heavy atom. The van der Waals surface area contributed by atoms with Gasteiger partial charge in [-0.15, -0.1) is 12.4 Å². The van der Waals surface area contributed by atoms with Gasteiger partial charge in [0.05, 0.1) is 11.3 Å². The summed E-state index contributed by atoms with van der Waals surface area (Å²) in [5, 5.41) is 9.20. The predicted octanol–water partition coefficient (Wildman–Crippen LogP) is 2.57. The van der Waals surface area contributed by atoms with Gasteiger partial charge in [-0.1, -0.05) is 12.1 Å². The zero-order chi connectivity index (χ0) is 16.4. The summed E-state index contributed by atoms with van der Waals surface area (Å²) in [6.45, 7) is 5.84. The van der Waals surface area contributed by atoms with Crippen LogP contribution in [0.5, 0.6) is 0 Å². The van der Waals surface area contributed by atoms with Gasteiger partial charge in [-0.2, -0.15) is 0 Å². The fourth-order valence-electron chi connectivity index (χ4n) is 3.55. The van der Waals surface area contributed by atoms with Crippen molar-refractivity contribution in [1.82, 2.24) is 10.6 Å². The van der Waals surface area contributed by atoms with E-state index >= 15 is 0 Å². The van der Waals surface area contributed by atoms with E-state index in [1.807, 2.05) is 26.0 Å². The van der Waals surface area contributed by atoms with Crippen LogP contribution in [-0.2, 0) is 4.79 Å². The van der Waals surface area contributed by atoms with Gasteiger partial charge in [-0.25, -0.2) is 0 Å². The van der Waals surface area contributed by atoms with Crippen molar-refractivity contribution in [2.75, 3.05) is 18.4 Å². The van der Waals surface area contributed by atoms with Crippen LogP contribution in [-0.4, -0.2) is 30.9 Å². The molecule has 2 fully saturated rings. The van der Waals surface area contributed by atoms with Crippen LogP contribution in [0.1, 0.15) is 43.5 Å². The number of para-hydroxylation sites is 1. The Bertz CT molecular complexity index is 612. The molecule has 1 aliphatic heterocycles. The van der Waals surface area contributed by atoms with Crippen LogP contribution >= 0.6 is 12.4 Å². The minimum absolute atomic E-state index is 0. The van der Waals surface area contributed by atoms with Crippen LogP contribution in [0.3, 0.4) is 0 Å². The zero-order valence-corrected chi connectivity index (χ0v) is 15.0. The average molecular weight is 352 g/mol. The molecule has 5 nitrogen and oxygen atoms in total. The predicted molar refractivity (Wildman–Crippen MR) is 97.6 cm³/mol. The van der Waals surface area contributed by atoms with Gasteiger partial charge in [0.15, 0.2) is 0 Å². The summed E-state index contributed by atoms with van der Waals surface area (Å²) in [7, 11) is 0. The largest absolute Gasteiger partial charge is 0.350 e. The molecule has 24 heavy (non-hydrogen) atoms. The maximum atomic E-state index is 12.6. The Morgan fingerprint density at radius 2 is 1.88 bits per heavy atom. The highest BCUT2D eigenvalue weighted by atomic mass is 35.5. The van der Waals surface area contributed by atoms with Gasteiger partial charge in [0.2, 0.25) is 5.91 Å². The molecule has 1 aromatic carbocycles. The number of carbonyl (C=O) groups excluding carboxylic acids is 2. The molecule has 3 rings (SSSR count). The van der Waals surface area contributed by atoms with E-state index in [1.165, 1.54) is 0 Å². The average Bonchev–Trinajstić information content (AvgIpc) is 3.21. The van der Waals surface area contributed by atoms with Crippen molar-refractivity contribution >= 4 is 29.9 Å². The lowest BCUT2D eigenvalue weighted by Gasteiger charge is -2.23. The first-order chi connectivity index (χ1) is 11.0. The van der Waals surface area contributed by atoms with Crippen molar-refractivity contribution in [2.24, 2.45) is 11.3 Å². The monoisotopic (exact) mass is 351 g/mol. The fraction of sp³-hybridized carbons (Fsp3) is 0.556. The number of rotatable bonds is 4. The third-order valence-electron chi connectivity index (χ3n) is 4.95. The molecule has 0 aromatic heterocycles. The second-order valence-corrected chi connectivity index (χ2v) is 7.03. The molecular weight excluding hydrogens is 326 g/mol. The first-order valence-electron chi connectivity index (χ1n) is 8.43. The van der Waals surface area contributed by atoms with Gasteiger partial charge in [0.1, 0.15) is 0 Å². The number of benzene rings is 1. The first kappa shape index (κ1) is 18.7. The van der Waals surface area contributed by atoms with Crippen LogP contribution in [0.2, 0.25) is 0 Å². The summed E-state index contributed by atoms with van der Waals surface area (Å²) in [4.78, 5) is 24.8. The van der Waals surface area contributed by atoms with Gasteiger partial charge in [-0.3, -0.25) is 9.59 Å². The summed E-state index contributed by atoms with van der Waals surface area (Å²) < 4.78 is 0. The molecule has 1 unspecified atom stereocenters. The molecule has 1 aliphatic carbocycles. The Kier molecular flexibility index (Phi) is 5.88. The second-order valence-electron chi connectivity index (χ2n) is 7.03. The van der Waals surface area contributed by atoms with Crippen molar-refractivity contribution in [1.29, 1.82) is 0 Å². The molecule has 6 heteroatoms. The van der Waals surface area contributed by atoms with E-state index in [0.717, 1.165) is 32.4 Å². The maximum Gasteiger partial charge on any atom is 0.253 e. The number of hydrogen-bond donors (Lipinski definition) is 3. The van der Waals surface area contributed by atoms with Gasteiger partial charge < -0.3 is 16.0 Å². The van der Waals surface area contributed by atoms with E-state index in [1.54, 1.807) is 12.1 Å². The Labute approximate surface area is 149 Å². The van der Waals surface area contributed by atoms with Crippen LogP contribution < -0.4 is 16.0 Å². The molecule has 0 bridgehead atoms. The molecule has 3 N–H and O–H groups in total. The molecule has 1 saturated heterocycles. The highest BCUT2D eigenvalue weighted by molar-refractivity contribution is 6.04. The summed E-state index contributed by atoms with van der Waals surface area (Å²) >= 11 is 0. The van der Waals surface area contributed by atoms with Gasteiger partial charge in [0.25, 0.3) is 5.91 Å². The van der Waals surface area contributed by atoms with Crippen molar-refractivity contribution in [3.63, 3.8) is 0 Å². The lowest BCUT2D eigenvalue weighted by molar-refractivity contribution is -0.118. The normalized spacial score (nSPS) is 21.0. The molecule has 0 radical (unpaired) electrons. The van der Waals surface area contributed by atoms with E-state index in [0.29, 0.717) is 11.3 Å². The number of anilines is 1. The smallest absolute Gasteiger partial charge is 0.253 e. The van der Waals surface area contributed by atoms with Gasteiger partial charge in [0, 0.05) is 12.0 Å². The Balaban J connectivity index is 0.00000208.